The van der Waals surface area contributed by atoms with Gasteiger partial charge in [0.1, 0.15) is 5.36 Å². The molecule has 0 spiro atoms. The molecule has 0 saturated heterocycles. The minimum absolute atomic E-state index is 0.00106. The zero-order valence-corrected chi connectivity index (χ0v) is 14.6. The van der Waals surface area contributed by atoms with Gasteiger partial charge >= 0.3 is 0 Å². The van der Waals surface area contributed by atoms with Crippen LogP contribution in [0.1, 0.15) is 16.7 Å². The van der Waals surface area contributed by atoms with E-state index in [4.69, 9.17) is 5.41 Å². The number of benzene rings is 2. The molecule has 2 aliphatic carbocycles. The van der Waals surface area contributed by atoms with Gasteiger partial charge in [-0.1, -0.05) is 59.3 Å². The van der Waals surface area contributed by atoms with Crippen molar-refractivity contribution >= 4 is 10.8 Å². The van der Waals surface area contributed by atoms with Crippen LogP contribution in [0.2, 0.25) is 0 Å². The van der Waals surface area contributed by atoms with Crippen LogP contribution < -0.4 is 21.6 Å². The van der Waals surface area contributed by atoms with Crippen LogP contribution >= 0.6 is 0 Å². The molecule has 0 fully saturated rings. The minimum atomic E-state index is -0.400. The highest BCUT2D eigenvalue weighted by Crippen LogP contribution is 2.08. The molecule has 2 N–H and O–H groups in total. The van der Waals surface area contributed by atoms with Crippen LogP contribution in [0.5, 0.6) is 0 Å². The predicted octanol–water partition coefficient (Wildman–Crippen LogP) is 1.83. The molecule has 2 aromatic carbocycles. The molecular weight excluding hydrogens is 340 g/mol. The van der Waals surface area contributed by atoms with Crippen LogP contribution in [0.25, 0.3) is 10.8 Å². The van der Waals surface area contributed by atoms with Crippen molar-refractivity contribution in [1.29, 1.82) is 5.41 Å². The Morgan fingerprint density at radius 2 is 1.52 bits per heavy atom. The van der Waals surface area contributed by atoms with Crippen LogP contribution in [0.3, 0.4) is 0 Å². The van der Waals surface area contributed by atoms with E-state index in [1.54, 1.807) is 24.3 Å². The van der Waals surface area contributed by atoms with Crippen molar-refractivity contribution < 1.29 is 5.21 Å². The number of nitrogens with zero attached hydrogens (tertiary/aromatic N) is 1. The predicted molar refractivity (Wildman–Crippen MR) is 101 cm³/mol. The second kappa shape index (κ2) is 6.29. The largest absolute Gasteiger partial charge is 0.410 e. The highest BCUT2D eigenvalue weighted by atomic mass is 16.4. The molecule has 0 amide bonds. The molecule has 0 heterocycles. The van der Waals surface area contributed by atoms with Gasteiger partial charge in [0.15, 0.2) is 10.9 Å². The summed E-state index contributed by atoms with van der Waals surface area (Å²) in [5.41, 5.74) is 1.84. The Balaban J connectivity index is 2.15. The Labute approximate surface area is 153 Å². The first kappa shape index (κ1) is 16.8. The third-order valence-corrected chi connectivity index (χ3v) is 4.88. The highest BCUT2D eigenvalue weighted by molar-refractivity contribution is 5.82. The molecule has 0 atom stereocenters. The summed E-state index contributed by atoms with van der Waals surface area (Å²) in [4.78, 5) is 25.9. The van der Waals surface area contributed by atoms with E-state index in [0.29, 0.717) is 12.0 Å². The maximum absolute atomic E-state index is 13.0. The van der Waals surface area contributed by atoms with Gasteiger partial charge in [-0.05, 0) is 30.5 Å². The Morgan fingerprint density at radius 3 is 2.11 bits per heavy atom. The van der Waals surface area contributed by atoms with Gasteiger partial charge in [-0.25, -0.2) is 0 Å². The number of aryl methyl sites for hydroxylation is 1. The molecule has 0 bridgehead atoms. The SMILES string of the molecule is Cc1ccc(Cc2cc(=NO)c3c(=O)c4ccccc4c(=O)c=3c2=N)cc1. The zero-order chi connectivity index (χ0) is 19.1. The summed E-state index contributed by atoms with van der Waals surface area (Å²) in [6, 6.07) is 15.9. The summed E-state index contributed by atoms with van der Waals surface area (Å²) in [7, 11) is 0. The van der Waals surface area contributed by atoms with Gasteiger partial charge in [0.2, 0.25) is 0 Å². The minimum Gasteiger partial charge on any atom is -0.410 e. The van der Waals surface area contributed by atoms with Gasteiger partial charge in [0.05, 0.1) is 15.8 Å². The van der Waals surface area contributed by atoms with E-state index in [0.717, 1.165) is 11.1 Å². The molecule has 2 aliphatic rings. The van der Waals surface area contributed by atoms with Crippen LogP contribution in [0.15, 0.2) is 69.3 Å². The smallest absolute Gasteiger partial charge is 0.196 e. The lowest BCUT2D eigenvalue weighted by molar-refractivity contribution is 0.301. The van der Waals surface area contributed by atoms with E-state index >= 15 is 0 Å². The van der Waals surface area contributed by atoms with Crippen LogP contribution in [-0.4, -0.2) is 5.21 Å². The van der Waals surface area contributed by atoms with Gasteiger partial charge in [0, 0.05) is 10.8 Å². The number of hydrogen-bond acceptors (Lipinski definition) is 5. The van der Waals surface area contributed by atoms with Crippen molar-refractivity contribution in [2.45, 2.75) is 13.3 Å². The summed E-state index contributed by atoms with van der Waals surface area (Å²) in [5, 5.41) is 21.8. The van der Waals surface area contributed by atoms with Crippen LogP contribution in [0.4, 0.5) is 0 Å². The molecule has 0 aromatic heterocycles. The third-order valence-electron chi connectivity index (χ3n) is 4.88. The van der Waals surface area contributed by atoms with Gasteiger partial charge in [-0.3, -0.25) is 15.0 Å². The van der Waals surface area contributed by atoms with E-state index < -0.39 is 5.43 Å². The number of nitrogens with one attached hydrogen (secondary N) is 1. The summed E-state index contributed by atoms with van der Waals surface area (Å²) >= 11 is 0. The fraction of sp³-hybridized carbons (Fsp3) is 0.0909. The summed E-state index contributed by atoms with van der Waals surface area (Å²) in [6.07, 6.45) is 0.401. The van der Waals surface area contributed by atoms with Crippen molar-refractivity contribution in [3.05, 3.63) is 113 Å². The van der Waals surface area contributed by atoms with E-state index in [1.807, 2.05) is 31.2 Å². The van der Waals surface area contributed by atoms with Crippen molar-refractivity contribution in [2.24, 2.45) is 5.16 Å². The fourth-order valence-electron chi connectivity index (χ4n) is 3.47. The Morgan fingerprint density at radius 1 is 0.926 bits per heavy atom. The topological polar surface area (TPSA) is 90.6 Å². The fourth-order valence-corrected chi connectivity index (χ4v) is 3.47. The average molecular weight is 356 g/mol. The molecule has 4 rings (SSSR count). The van der Waals surface area contributed by atoms with Crippen molar-refractivity contribution in [3.63, 3.8) is 0 Å². The summed E-state index contributed by atoms with van der Waals surface area (Å²) in [5.74, 6) is 0. The summed E-state index contributed by atoms with van der Waals surface area (Å²) < 4.78 is 0. The standard InChI is InChI=1S/C22H16N2O3/c1-12-6-8-13(9-7-12)10-14-11-17(24-27)18-19(20(14)23)22(26)16-5-3-2-4-15(16)21(18)25/h2-9,11,23,27H,10H2,1H3. The van der Waals surface area contributed by atoms with Gasteiger partial charge < -0.3 is 5.21 Å². The maximum Gasteiger partial charge on any atom is 0.196 e. The van der Waals surface area contributed by atoms with Gasteiger partial charge in [-0.15, -0.1) is 0 Å². The quantitative estimate of drug-likeness (QED) is 0.424. The second-order valence-electron chi connectivity index (χ2n) is 6.65. The Kier molecular flexibility index (Phi) is 3.92. The van der Waals surface area contributed by atoms with E-state index in [9.17, 15) is 14.8 Å². The first-order valence-electron chi connectivity index (χ1n) is 8.52. The zero-order valence-electron chi connectivity index (χ0n) is 14.6. The first-order valence-corrected chi connectivity index (χ1v) is 8.52. The lowest BCUT2D eigenvalue weighted by Crippen LogP contribution is -2.31. The van der Waals surface area contributed by atoms with Crippen molar-refractivity contribution in [2.75, 3.05) is 0 Å². The van der Waals surface area contributed by atoms with Crippen molar-refractivity contribution in [3.8, 4) is 0 Å². The second-order valence-corrected chi connectivity index (χ2v) is 6.65. The molecule has 0 saturated carbocycles. The lowest BCUT2D eigenvalue weighted by Gasteiger charge is -2.05. The van der Waals surface area contributed by atoms with Gasteiger partial charge in [-0.2, -0.15) is 0 Å². The Hall–Kier alpha value is -3.60. The molecule has 2 aromatic rings. The molecule has 132 valence electrons. The van der Waals surface area contributed by atoms with Crippen molar-refractivity contribution in [1.82, 2.24) is 0 Å². The van der Waals surface area contributed by atoms with Gasteiger partial charge in [0.25, 0.3) is 0 Å². The molecule has 27 heavy (non-hydrogen) atoms. The normalized spacial score (nSPS) is 12.1. The molecule has 5 nitrogen and oxygen atoms in total. The van der Waals surface area contributed by atoms with E-state index in [-0.39, 0.29) is 37.4 Å². The molecule has 5 heteroatoms. The van der Waals surface area contributed by atoms with Crippen LogP contribution in [0, 0.1) is 22.8 Å². The first-order chi connectivity index (χ1) is 13.0. The number of hydrogen-bond donors (Lipinski definition) is 2. The van der Waals surface area contributed by atoms with E-state index in [1.165, 1.54) is 6.07 Å². The maximum atomic E-state index is 13.0. The monoisotopic (exact) mass is 356 g/mol. The third kappa shape index (κ3) is 2.64. The summed E-state index contributed by atoms with van der Waals surface area (Å²) in [6.45, 7) is 1.99. The molecular formula is C22H16N2O3. The molecule has 0 unspecified atom stereocenters. The van der Waals surface area contributed by atoms with E-state index in [2.05, 4.69) is 5.16 Å². The molecule has 0 radical (unpaired) electrons. The molecule has 0 aliphatic heterocycles. The lowest BCUT2D eigenvalue weighted by atomic mass is 9.98. The Bertz CT molecular complexity index is 1460. The number of rotatable bonds is 2. The highest BCUT2D eigenvalue weighted by Gasteiger charge is 2.13. The number of fused-ring (bicyclic) bond motifs is 1. The average Bonchev–Trinajstić information content (AvgIpc) is 2.69. The van der Waals surface area contributed by atoms with Crippen LogP contribution in [-0.2, 0) is 6.42 Å².